The van der Waals surface area contributed by atoms with Gasteiger partial charge in [-0.3, -0.25) is 9.05 Å². The monoisotopic (exact) mass is 210 g/mol. The molecule has 2 N–H and O–H groups in total. The van der Waals surface area contributed by atoms with E-state index in [9.17, 15) is 9.67 Å². The molecular formula is C6H11O6P. The Morgan fingerprint density at radius 2 is 2.23 bits per heavy atom. The minimum absolute atomic E-state index is 0.0140. The zero-order chi connectivity index (χ0) is 9.64. The Labute approximate surface area is 75.0 Å². The predicted octanol–water partition coefficient (Wildman–Crippen LogP) is -0.350. The van der Waals surface area contributed by atoms with Crippen LogP contribution in [0.2, 0.25) is 0 Å². The fraction of sp³-hybridized carbons (Fsp3) is 1.00. The van der Waals surface area contributed by atoms with E-state index in [1.54, 1.807) is 6.92 Å². The molecule has 13 heavy (non-hydrogen) atoms. The van der Waals surface area contributed by atoms with Crippen LogP contribution in [0.4, 0.5) is 0 Å². The van der Waals surface area contributed by atoms with Crippen molar-refractivity contribution in [3.05, 3.63) is 0 Å². The lowest BCUT2D eigenvalue weighted by Gasteiger charge is -2.28. The first-order valence-corrected chi connectivity index (χ1v) is 5.48. The van der Waals surface area contributed by atoms with Gasteiger partial charge in [-0.25, -0.2) is 4.57 Å². The second kappa shape index (κ2) is 3.02. The summed E-state index contributed by atoms with van der Waals surface area (Å²) in [6, 6.07) is 0. The summed E-state index contributed by atoms with van der Waals surface area (Å²) in [5.41, 5.74) is 0. The molecule has 0 aromatic rings. The van der Waals surface area contributed by atoms with Gasteiger partial charge >= 0.3 is 7.82 Å². The van der Waals surface area contributed by atoms with E-state index in [2.05, 4.69) is 4.52 Å². The number of hydrogen-bond acceptors (Lipinski definition) is 5. The standard InChI is InChI=1S/C6H11O6P/c1-3-5(7)6-4(11-3)2-10-13(8,9)12-6/h3-7H,2H2,1H3,(H,8,9)/t3-,4+,5?,6-/m0/s1. The van der Waals surface area contributed by atoms with Crippen LogP contribution in [0.15, 0.2) is 0 Å². The van der Waals surface area contributed by atoms with Crippen LogP contribution in [-0.2, 0) is 18.3 Å². The van der Waals surface area contributed by atoms with Crippen LogP contribution in [0.1, 0.15) is 6.92 Å². The quantitative estimate of drug-likeness (QED) is 0.531. The van der Waals surface area contributed by atoms with Crippen LogP contribution < -0.4 is 0 Å². The maximum atomic E-state index is 11.0. The van der Waals surface area contributed by atoms with Crippen molar-refractivity contribution in [2.45, 2.75) is 31.3 Å². The Morgan fingerprint density at radius 3 is 2.92 bits per heavy atom. The Morgan fingerprint density at radius 1 is 1.54 bits per heavy atom. The van der Waals surface area contributed by atoms with Crippen molar-refractivity contribution in [2.75, 3.05) is 6.61 Å². The molecule has 0 amide bonds. The van der Waals surface area contributed by atoms with Crippen LogP contribution in [0.3, 0.4) is 0 Å². The Hall–Kier alpha value is 0.0300. The molecule has 2 aliphatic heterocycles. The number of fused-ring (bicyclic) bond motifs is 1. The zero-order valence-corrected chi connectivity index (χ0v) is 7.89. The minimum Gasteiger partial charge on any atom is -0.388 e. The van der Waals surface area contributed by atoms with Crippen LogP contribution in [0.5, 0.6) is 0 Å². The maximum Gasteiger partial charge on any atom is 0.472 e. The highest BCUT2D eigenvalue weighted by atomic mass is 31.2. The first-order chi connectivity index (χ1) is 5.99. The van der Waals surface area contributed by atoms with Crippen molar-refractivity contribution in [2.24, 2.45) is 0 Å². The maximum absolute atomic E-state index is 11.0. The van der Waals surface area contributed by atoms with Gasteiger partial charge in [-0.05, 0) is 6.92 Å². The van der Waals surface area contributed by atoms with Gasteiger partial charge in [0.2, 0.25) is 0 Å². The van der Waals surface area contributed by atoms with E-state index < -0.39 is 32.2 Å². The van der Waals surface area contributed by atoms with Crippen LogP contribution in [0, 0.1) is 0 Å². The van der Waals surface area contributed by atoms with Gasteiger partial charge in [-0.2, -0.15) is 0 Å². The average molecular weight is 210 g/mol. The van der Waals surface area contributed by atoms with Gasteiger partial charge in [-0.1, -0.05) is 0 Å². The molecule has 6 nitrogen and oxygen atoms in total. The Balaban J connectivity index is 2.14. The molecule has 5 atom stereocenters. The number of aliphatic hydroxyl groups is 1. The zero-order valence-electron chi connectivity index (χ0n) is 6.99. The summed E-state index contributed by atoms with van der Waals surface area (Å²) < 4.78 is 25.4. The highest BCUT2D eigenvalue weighted by Gasteiger charge is 2.50. The van der Waals surface area contributed by atoms with Crippen molar-refractivity contribution in [3.8, 4) is 0 Å². The molecule has 2 saturated heterocycles. The molecule has 0 spiro atoms. The first kappa shape index (κ1) is 9.58. The molecule has 2 fully saturated rings. The summed E-state index contributed by atoms with van der Waals surface area (Å²) in [5.74, 6) is 0. The molecule has 0 saturated carbocycles. The molecule has 0 bridgehead atoms. The topological polar surface area (TPSA) is 85.2 Å². The smallest absolute Gasteiger partial charge is 0.388 e. The van der Waals surface area contributed by atoms with Crippen LogP contribution in [-0.4, -0.2) is 41.0 Å². The third-order valence-corrected chi connectivity index (χ3v) is 3.22. The van der Waals surface area contributed by atoms with E-state index in [0.29, 0.717) is 0 Å². The lowest BCUT2D eigenvalue weighted by molar-refractivity contribution is -0.0525. The molecule has 2 unspecified atom stereocenters. The third kappa shape index (κ3) is 1.66. The summed E-state index contributed by atoms with van der Waals surface area (Å²) in [6.45, 7) is 1.66. The van der Waals surface area contributed by atoms with Crippen molar-refractivity contribution < 1.29 is 28.3 Å². The summed E-state index contributed by atoms with van der Waals surface area (Å²) in [6.07, 6.45) is -2.45. The average Bonchev–Trinajstić information content (AvgIpc) is 2.29. The molecule has 2 aliphatic rings. The number of phosphoric acid groups is 1. The van der Waals surface area contributed by atoms with Crippen molar-refractivity contribution in [3.63, 3.8) is 0 Å². The first-order valence-electron chi connectivity index (χ1n) is 3.99. The Bertz CT molecular complexity index is 256. The van der Waals surface area contributed by atoms with E-state index in [0.717, 1.165) is 0 Å². The lowest BCUT2D eigenvalue weighted by Crippen LogP contribution is -2.39. The Kier molecular flexibility index (Phi) is 2.22. The van der Waals surface area contributed by atoms with Gasteiger partial charge in [0.05, 0.1) is 12.7 Å². The van der Waals surface area contributed by atoms with E-state index in [1.807, 2.05) is 0 Å². The number of hydrogen-bond donors (Lipinski definition) is 2. The van der Waals surface area contributed by atoms with Crippen molar-refractivity contribution in [1.29, 1.82) is 0 Å². The number of aliphatic hydroxyl groups excluding tert-OH is 1. The number of ether oxygens (including phenoxy) is 1. The fourth-order valence-corrected chi connectivity index (χ4v) is 2.50. The highest BCUT2D eigenvalue weighted by Crippen LogP contribution is 2.51. The SMILES string of the molecule is C[C@@H]1O[C@@H]2COP(=O)(O)O[C@@H]2C1O. The molecule has 76 valence electrons. The number of rotatable bonds is 0. The molecule has 0 radical (unpaired) electrons. The van der Waals surface area contributed by atoms with E-state index in [4.69, 9.17) is 14.2 Å². The van der Waals surface area contributed by atoms with Gasteiger partial charge in [-0.15, -0.1) is 0 Å². The second-order valence-corrected chi connectivity index (χ2v) is 4.61. The van der Waals surface area contributed by atoms with Crippen molar-refractivity contribution >= 4 is 7.82 Å². The highest BCUT2D eigenvalue weighted by molar-refractivity contribution is 7.47. The van der Waals surface area contributed by atoms with E-state index in [-0.39, 0.29) is 6.61 Å². The number of phosphoric ester groups is 1. The van der Waals surface area contributed by atoms with Gasteiger partial charge in [0, 0.05) is 0 Å². The third-order valence-electron chi connectivity index (χ3n) is 2.23. The van der Waals surface area contributed by atoms with E-state index >= 15 is 0 Å². The molecule has 2 rings (SSSR count). The van der Waals surface area contributed by atoms with Crippen LogP contribution in [0.25, 0.3) is 0 Å². The van der Waals surface area contributed by atoms with Crippen LogP contribution >= 0.6 is 7.82 Å². The largest absolute Gasteiger partial charge is 0.472 e. The molecule has 0 aliphatic carbocycles. The normalized spacial score (nSPS) is 56.2. The molecule has 2 heterocycles. The summed E-state index contributed by atoms with van der Waals surface area (Å²) in [7, 11) is -3.96. The van der Waals surface area contributed by atoms with Gasteiger partial charge in [0.15, 0.2) is 0 Å². The molecule has 7 heteroatoms. The van der Waals surface area contributed by atoms with Crippen molar-refractivity contribution in [1.82, 2.24) is 0 Å². The minimum atomic E-state index is -3.96. The fourth-order valence-electron chi connectivity index (χ4n) is 1.54. The van der Waals surface area contributed by atoms with E-state index in [1.165, 1.54) is 0 Å². The molecule has 0 aromatic carbocycles. The van der Waals surface area contributed by atoms with Gasteiger partial charge in [0.1, 0.15) is 18.3 Å². The predicted molar refractivity (Wildman–Crippen MR) is 41.0 cm³/mol. The lowest BCUT2D eigenvalue weighted by atomic mass is 10.1. The summed E-state index contributed by atoms with van der Waals surface area (Å²) in [5, 5.41) is 9.49. The summed E-state index contributed by atoms with van der Waals surface area (Å²) in [4.78, 5) is 8.97. The second-order valence-electron chi connectivity index (χ2n) is 3.20. The van der Waals surface area contributed by atoms with Gasteiger partial charge < -0.3 is 14.7 Å². The van der Waals surface area contributed by atoms with Gasteiger partial charge in [0.25, 0.3) is 0 Å². The summed E-state index contributed by atoms with van der Waals surface area (Å²) >= 11 is 0. The molecular weight excluding hydrogens is 199 g/mol. The molecule has 0 aromatic heterocycles.